The maximum absolute atomic E-state index is 13.1. The predicted octanol–water partition coefficient (Wildman–Crippen LogP) is 5.70. The van der Waals surface area contributed by atoms with E-state index in [0.29, 0.717) is 31.1 Å². The lowest BCUT2D eigenvalue weighted by molar-refractivity contribution is -0.384. The number of nitro groups is 1. The van der Waals surface area contributed by atoms with Crippen LogP contribution in [0.1, 0.15) is 27.7 Å². The first-order valence-corrected chi connectivity index (χ1v) is 12.6. The van der Waals surface area contributed by atoms with Crippen molar-refractivity contribution in [3.63, 3.8) is 0 Å². The molecule has 0 unspecified atom stereocenters. The Bertz CT molecular complexity index is 1430. The molecule has 2 aromatic heterocycles. The van der Waals surface area contributed by atoms with Gasteiger partial charge in [-0.2, -0.15) is 0 Å². The number of ether oxygens (including phenoxy) is 1. The second-order valence-electron chi connectivity index (χ2n) is 7.83. The van der Waals surface area contributed by atoms with Gasteiger partial charge in [0.25, 0.3) is 11.6 Å². The number of thiophene rings is 1. The molecule has 3 heterocycles. The number of benzene rings is 2. The van der Waals surface area contributed by atoms with E-state index in [1.165, 1.54) is 46.9 Å². The molecule has 178 valence electrons. The van der Waals surface area contributed by atoms with Gasteiger partial charge in [0, 0.05) is 34.7 Å². The summed E-state index contributed by atoms with van der Waals surface area (Å²) in [6.07, 6.45) is 0.234. The summed E-state index contributed by atoms with van der Waals surface area (Å²) in [5, 5.41) is 15.5. The fourth-order valence-corrected chi connectivity index (χ4v) is 6.37. The van der Waals surface area contributed by atoms with Crippen LogP contribution in [0.5, 0.6) is 0 Å². The minimum atomic E-state index is -0.531. The zero-order valence-electron chi connectivity index (χ0n) is 18.6. The van der Waals surface area contributed by atoms with Crippen LogP contribution in [0.25, 0.3) is 20.8 Å². The van der Waals surface area contributed by atoms with Crippen LogP contribution in [0.3, 0.4) is 0 Å². The molecule has 1 N–H and O–H groups in total. The van der Waals surface area contributed by atoms with Gasteiger partial charge in [0.15, 0.2) is 0 Å². The van der Waals surface area contributed by atoms with Crippen molar-refractivity contribution in [3.8, 4) is 10.6 Å². The van der Waals surface area contributed by atoms with Crippen LogP contribution in [0.15, 0.2) is 48.5 Å². The van der Waals surface area contributed by atoms with E-state index < -0.39 is 10.8 Å². The number of aromatic nitrogens is 1. The lowest BCUT2D eigenvalue weighted by Gasteiger charge is -2.26. The van der Waals surface area contributed by atoms with Crippen molar-refractivity contribution in [2.75, 3.05) is 18.5 Å². The van der Waals surface area contributed by atoms with Crippen molar-refractivity contribution in [2.24, 2.45) is 0 Å². The molecule has 2 aromatic carbocycles. The normalized spacial score (nSPS) is 12.9. The second kappa shape index (κ2) is 9.43. The van der Waals surface area contributed by atoms with Crippen molar-refractivity contribution in [1.29, 1.82) is 0 Å². The first-order valence-electron chi connectivity index (χ1n) is 10.9. The highest BCUT2D eigenvalue weighted by Crippen LogP contribution is 2.46. The highest BCUT2D eigenvalue weighted by atomic mass is 32.1. The van der Waals surface area contributed by atoms with Crippen molar-refractivity contribution in [3.05, 3.63) is 74.6 Å². The molecule has 0 spiro atoms. The molecule has 0 saturated heterocycles. The zero-order valence-corrected chi connectivity index (χ0v) is 20.3. The summed E-state index contributed by atoms with van der Waals surface area (Å²) in [6.45, 7) is 2.95. The summed E-state index contributed by atoms with van der Waals surface area (Å²) in [4.78, 5) is 43.4. The van der Waals surface area contributed by atoms with E-state index in [9.17, 15) is 19.7 Å². The van der Waals surface area contributed by atoms with Gasteiger partial charge in [-0.1, -0.05) is 18.2 Å². The lowest BCUT2D eigenvalue weighted by Crippen LogP contribution is -2.35. The molecule has 0 radical (unpaired) electrons. The van der Waals surface area contributed by atoms with Gasteiger partial charge in [-0.15, -0.1) is 22.7 Å². The third kappa shape index (κ3) is 4.47. The third-order valence-electron chi connectivity index (χ3n) is 5.64. The van der Waals surface area contributed by atoms with Crippen LogP contribution < -0.4 is 5.32 Å². The molecule has 0 saturated carbocycles. The SMILES string of the molecule is CCOC(=O)N1CCc2c(sc(NC(=O)c3cccc([N+](=O)[O-])c3)c2-c2nc3ccccc3s2)C1. The molecule has 1 aliphatic rings. The Morgan fingerprint density at radius 1 is 1.20 bits per heavy atom. The number of nitro benzene ring substituents is 1. The highest BCUT2D eigenvalue weighted by Gasteiger charge is 2.30. The maximum atomic E-state index is 13.1. The van der Waals surface area contributed by atoms with Crippen molar-refractivity contribution < 1.29 is 19.2 Å². The smallest absolute Gasteiger partial charge is 0.410 e. The molecule has 9 nitrogen and oxygen atoms in total. The monoisotopic (exact) mass is 508 g/mol. The number of anilines is 1. The molecule has 2 amide bonds. The van der Waals surface area contributed by atoms with E-state index in [2.05, 4.69) is 5.32 Å². The van der Waals surface area contributed by atoms with E-state index >= 15 is 0 Å². The Labute approximate surface area is 208 Å². The summed E-state index contributed by atoms with van der Waals surface area (Å²) >= 11 is 2.93. The minimum absolute atomic E-state index is 0.153. The fraction of sp³-hybridized carbons (Fsp3) is 0.208. The average molecular weight is 509 g/mol. The van der Waals surface area contributed by atoms with E-state index in [1.807, 2.05) is 24.3 Å². The topological polar surface area (TPSA) is 115 Å². The number of amides is 2. The van der Waals surface area contributed by atoms with Crippen LogP contribution >= 0.6 is 22.7 Å². The fourth-order valence-electron chi connectivity index (χ4n) is 4.00. The highest BCUT2D eigenvalue weighted by molar-refractivity contribution is 7.23. The Hall–Kier alpha value is -3.83. The van der Waals surface area contributed by atoms with Gasteiger partial charge in [-0.05, 0) is 37.1 Å². The number of para-hydroxylation sites is 1. The summed E-state index contributed by atoms with van der Waals surface area (Å²) in [5.41, 5.74) is 2.79. The number of carbonyl (C=O) groups excluding carboxylic acids is 2. The number of fused-ring (bicyclic) bond motifs is 2. The van der Waals surface area contributed by atoms with Crippen molar-refractivity contribution in [1.82, 2.24) is 9.88 Å². The molecule has 0 fully saturated rings. The van der Waals surface area contributed by atoms with E-state index in [4.69, 9.17) is 9.72 Å². The number of non-ortho nitro benzene ring substituents is 1. The minimum Gasteiger partial charge on any atom is -0.450 e. The zero-order chi connectivity index (χ0) is 24.5. The molecule has 0 bridgehead atoms. The van der Waals surface area contributed by atoms with Gasteiger partial charge in [-0.25, -0.2) is 9.78 Å². The second-order valence-corrected chi connectivity index (χ2v) is 9.96. The number of nitrogens with one attached hydrogen (secondary N) is 1. The van der Waals surface area contributed by atoms with Crippen LogP contribution in [0, 0.1) is 10.1 Å². The number of thiazole rings is 1. The van der Waals surface area contributed by atoms with Gasteiger partial charge < -0.3 is 15.0 Å². The lowest BCUT2D eigenvalue weighted by atomic mass is 10.0. The van der Waals surface area contributed by atoms with E-state index in [1.54, 1.807) is 11.8 Å². The van der Waals surface area contributed by atoms with E-state index in [-0.39, 0.29) is 17.3 Å². The summed E-state index contributed by atoms with van der Waals surface area (Å²) in [7, 11) is 0. The molecule has 0 atom stereocenters. The van der Waals surface area contributed by atoms with Gasteiger partial charge in [0.05, 0.1) is 28.3 Å². The van der Waals surface area contributed by atoms with Crippen LogP contribution in [-0.4, -0.2) is 40.0 Å². The van der Waals surface area contributed by atoms with Gasteiger partial charge in [0.1, 0.15) is 10.0 Å². The Kier molecular flexibility index (Phi) is 6.18. The first-order chi connectivity index (χ1) is 16.9. The molecular formula is C24H20N4O5S2. The molecule has 4 aromatic rings. The van der Waals surface area contributed by atoms with Gasteiger partial charge in [0.2, 0.25) is 0 Å². The van der Waals surface area contributed by atoms with Crippen LogP contribution in [-0.2, 0) is 17.7 Å². The van der Waals surface area contributed by atoms with Gasteiger partial charge in [-0.3, -0.25) is 14.9 Å². The predicted molar refractivity (Wildman–Crippen MR) is 135 cm³/mol. The molecular weight excluding hydrogens is 488 g/mol. The Morgan fingerprint density at radius 3 is 2.80 bits per heavy atom. The Morgan fingerprint density at radius 2 is 2.03 bits per heavy atom. The first kappa shape index (κ1) is 22.9. The average Bonchev–Trinajstić information content (AvgIpc) is 3.44. The molecule has 11 heteroatoms. The maximum Gasteiger partial charge on any atom is 0.410 e. The third-order valence-corrected chi connectivity index (χ3v) is 7.82. The molecule has 35 heavy (non-hydrogen) atoms. The van der Waals surface area contributed by atoms with Crippen LogP contribution in [0.4, 0.5) is 15.5 Å². The number of rotatable bonds is 5. The molecule has 5 rings (SSSR count). The summed E-state index contributed by atoms with van der Waals surface area (Å²) in [5.74, 6) is -0.447. The largest absolute Gasteiger partial charge is 0.450 e. The van der Waals surface area contributed by atoms with E-state index in [0.717, 1.165) is 31.2 Å². The number of carbonyl (C=O) groups is 2. The standard InChI is InChI=1S/C24H20N4O5S2/c1-2-33-24(30)27-11-10-16-19(13-27)35-23(20(16)22-25-17-8-3-4-9-18(17)34-22)26-21(29)14-6-5-7-15(12-14)28(31)32/h3-9,12H,2,10-11,13H2,1H3,(H,26,29). The molecule has 1 aliphatic heterocycles. The summed E-state index contributed by atoms with van der Waals surface area (Å²) in [6, 6.07) is 13.4. The number of hydrogen-bond donors (Lipinski definition) is 1. The number of hydrogen-bond acceptors (Lipinski definition) is 8. The van der Waals surface area contributed by atoms with Crippen molar-refractivity contribution in [2.45, 2.75) is 19.9 Å². The molecule has 0 aliphatic carbocycles. The number of nitrogens with zero attached hydrogens (tertiary/aromatic N) is 3. The quantitative estimate of drug-likeness (QED) is 0.273. The van der Waals surface area contributed by atoms with Gasteiger partial charge >= 0.3 is 6.09 Å². The Balaban J connectivity index is 1.55. The van der Waals surface area contributed by atoms with Crippen molar-refractivity contribution >= 4 is 55.6 Å². The van der Waals surface area contributed by atoms with Crippen LogP contribution in [0.2, 0.25) is 0 Å². The summed E-state index contributed by atoms with van der Waals surface area (Å²) < 4.78 is 6.20.